The van der Waals surface area contributed by atoms with Gasteiger partial charge in [0, 0.05) is 24.6 Å². The number of carbonyl (C=O) groups excluding carboxylic acids is 3. The van der Waals surface area contributed by atoms with E-state index in [-0.39, 0.29) is 18.4 Å². The Morgan fingerprint density at radius 2 is 1.66 bits per heavy atom. The van der Waals surface area contributed by atoms with Gasteiger partial charge in [-0.05, 0) is 56.8 Å². The summed E-state index contributed by atoms with van der Waals surface area (Å²) in [6, 6.07) is 4.93. The molecule has 2 amide bonds. The summed E-state index contributed by atoms with van der Waals surface area (Å²) in [7, 11) is 3.42. The smallest absolute Gasteiger partial charge is 0.333 e. The Kier molecular flexibility index (Phi) is 10.7. The molecule has 0 aliphatic rings. The van der Waals surface area contributed by atoms with E-state index in [1.807, 2.05) is 34.6 Å². The highest BCUT2D eigenvalue weighted by molar-refractivity contribution is 5.91. The Hall–Kier alpha value is -2.67. The van der Waals surface area contributed by atoms with Gasteiger partial charge in [0.2, 0.25) is 11.8 Å². The van der Waals surface area contributed by atoms with Crippen LogP contribution in [0.25, 0.3) is 0 Å². The number of likely N-dealkylation sites (N-methyl/N-ethyl adjacent to an activating group) is 2. The van der Waals surface area contributed by atoms with Crippen LogP contribution in [-0.2, 0) is 24.5 Å². The van der Waals surface area contributed by atoms with Gasteiger partial charge in [-0.15, -0.1) is 0 Å². The zero-order valence-electron chi connectivity index (χ0n) is 23.5. The number of benzene rings is 1. The molecule has 1 aromatic carbocycles. The molecule has 0 heterocycles. The Balaban J connectivity index is 3.14. The molecule has 2 atom stereocenters. The van der Waals surface area contributed by atoms with Crippen LogP contribution in [0.2, 0.25) is 0 Å². The number of rotatable bonds is 10. The zero-order valence-corrected chi connectivity index (χ0v) is 23.5. The minimum Gasteiger partial charge on any atom is -0.463 e. The van der Waals surface area contributed by atoms with E-state index in [0.29, 0.717) is 12.2 Å². The number of nitrogens with one attached hydrogen (secondary N) is 2. The normalized spacial score (nSPS) is 14.2. The molecule has 7 heteroatoms. The average molecular weight is 488 g/mol. The maximum Gasteiger partial charge on any atom is 0.333 e. The van der Waals surface area contributed by atoms with Gasteiger partial charge in [-0.25, -0.2) is 4.79 Å². The first-order valence-corrected chi connectivity index (χ1v) is 12.2. The van der Waals surface area contributed by atoms with E-state index < -0.39 is 28.9 Å². The average Bonchev–Trinajstić information content (AvgIpc) is 2.76. The molecule has 0 saturated carbocycles. The van der Waals surface area contributed by atoms with Crippen molar-refractivity contribution in [3.63, 3.8) is 0 Å². The van der Waals surface area contributed by atoms with Crippen LogP contribution in [0.3, 0.4) is 0 Å². The largest absolute Gasteiger partial charge is 0.463 e. The first-order chi connectivity index (χ1) is 16.1. The lowest BCUT2D eigenvalue weighted by atomic mass is 9.76. The number of amides is 2. The quantitative estimate of drug-likeness (QED) is 0.388. The fraction of sp³-hybridized carbons (Fsp3) is 0.607. The summed E-state index contributed by atoms with van der Waals surface area (Å²) >= 11 is 0. The van der Waals surface area contributed by atoms with Crippen LogP contribution in [0, 0.1) is 19.3 Å². The van der Waals surface area contributed by atoms with Crippen molar-refractivity contribution < 1.29 is 19.1 Å². The van der Waals surface area contributed by atoms with Gasteiger partial charge in [0.1, 0.15) is 6.04 Å². The van der Waals surface area contributed by atoms with E-state index in [1.54, 1.807) is 34.0 Å². The molecule has 0 saturated heterocycles. The van der Waals surface area contributed by atoms with Gasteiger partial charge in [-0.1, -0.05) is 58.9 Å². The lowest BCUT2D eigenvalue weighted by Gasteiger charge is -2.38. The minimum absolute atomic E-state index is 0.224. The number of hydrogen-bond donors (Lipinski definition) is 2. The molecule has 0 aliphatic heterocycles. The fourth-order valence-electron chi connectivity index (χ4n) is 3.92. The molecule has 1 aromatic rings. The van der Waals surface area contributed by atoms with Crippen molar-refractivity contribution >= 4 is 17.8 Å². The van der Waals surface area contributed by atoms with Crippen LogP contribution >= 0.6 is 0 Å². The summed E-state index contributed by atoms with van der Waals surface area (Å²) in [6.45, 7) is 17.9. The Morgan fingerprint density at radius 3 is 2.14 bits per heavy atom. The van der Waals surface area contributed by atoms with E-state index in [4.69, 9.17) is 4.74 Å². The first-order valence-electron chi connectivity index (χ1n) is 12.2. The number of carbonyl (C=O) groups is 3. The first kappa shape index (κ1) is 30.4. The molecule has 0 aliphatic carbocycles. The van der Waals surface area contributed by atoms with E-state index >= 15 is 0 Å². The van der Waals surface area contributed by atoms with Crippen LogP contribution in [0.4, 0.5) is 0 Å². The molecule has 0 fully saturated rings. The maximum atomic E-state index is 13.5. The van der Waals surface area contributed by atoms with Gasteiger partial charge in [-0.2, -0.15) is 0 Å². The topological polar surface area (TPSA) is 87.7 Å². The number of hydrogen-bond acceptors (Lipinski definition) is 5. The zero-order chi connectivity index (χ0) is 27.1. The Morgan fingerprint density at radius 1 is 1.06 bits per heavy atom. The molecular weight excluding hydrogens is 442 g/mol. The predicted molar refractivity (Wildman–Crippen MR) is 141 cm³/mol. The molecule has 35 heavy (non-hydrogen) atoms. The van der Waals surface area contributed by atoms with Crippen molar-refractivity contribution in [2.24, 2.45) is 5.41 Å². The monoisotopic (exact) mass is 487 g/mol. The summed E-state index contributed by atoms with van der Waals surface area (Å²) < 4.78 is 5.00. The van der Waals surface area contributed by atoms with E-state index in [9.17, 15) is 14.4 Å². The highest BCUT2D eigenvalue weighted by atomic mass is 16.5. The minimum atomic E-state index is -0.747. The van der Waals surface area contributed by atoms with Crippen molar-refractivity contribution in [1.29, 1.82) is 0 Å². The molecule has 1 rings (SSSR count). The fourth-order valence-corrected chi connectivity index (χ4v) is 3.92. The van der Waals surface area contributed by atoms with Gasteiger partial charge >= 0.3 is 5.97 Å². The molecule has 0 aromatic heterocycles. The number of esters is 1. The van der Waals surface area contributed by atoms with Gasteiger partial charge in [-0.3, -0.25) is 9.59 Å². The molecule has 2 N–H and O–H groups in total. The second kappa shape index (κ2) is 12.3. The lowest BCUT2D eigenvalue weighted by molar-refractivity contribution is -0.139. The molecule has 7 nitrogen and oxygen atoms in total. The standard InChI is InChI=1S/C28H45N3O4/c1-12-35-26(34)19(3)15-16-31(11)25(33)23(27(5,6)7)30-24(32)22(29-10)28(8,9)21-14-13-18(2)20(4)17-21/h13-15,17,22-23,29H,12,16H2,1-11H3,(H,30,32)/b19-15+/t22-,23?/m1/s1. The summed E-state index contributed by atoms with van der Waals surface area (Å²) in [5.74, 6) is -0.868. The van der Waals surface area contributed by atoms with E-state index in [1.165, 1.54) is 16.0 Å². The van der Waals surface area contributed by atoms with Crippen LogP contribution in [0.15, 0.2) is 29.8 Å². The summed E-state index contributed by atoms with van der Waals surface area (Å²) in [6.07, 6.45) is 1.66. The van der Waals surface area contributed by atoms with Gasteiger partial charge in [0.15, 0.2) is 0 Å². The van der Waals surface area contributed by atoms with Crippen LogP contribution in [0.5, 0.6) is 0 Å². The molecular formula is C28H45N3O4. The second-order valence-corrected chi connectivity index (χ2v) is 10.9. The summed E-state index contributed by atoms with van der Waals surface area (Å²) in [5, 5.41) is 6.18. The van der Waals surface area contributed by atoms with E-state index in [2.05, 4.69) is 42.7 Å². The number of nitrogens with zero attached hydrogens (tertiary/aromatic N) is 1. The van der Waals surface area contributed by atoms with Gasteiger partial charge < -0.3 is 20.3 Å². The van der Waals surface area contributed by atoms with Crippen LogP contribution in [-0.4, -0.2) is 62.0 Å². The van der Waals surface area contributed by atoms with Gasteiger partial charge in [0.05, 0.1) is 12.6 Å². The van der Waals surface area contributed by atoms with Crippen molar-refractivity contribution in [2.45, 2.75) is 79.8 Å². The van der Waals surface area contributed by atoms with Crippen LogP contribution in [0.1, 0.15) is 65.2 Å². The molecule has 1 unspecified atom stereocenters. The third-order valence-electron chi connectivity index (χ3n) is 6.57. The number of aryl methyl sites for hydroxylation is 2. The lowest BCUT2D eigenvalue weighted by Crippen LogP contribution is -2.60. The highest BCUT2D eigenvalue weighted by Gasteiger charge is 2.40. The molecule has 0 bridgehead atoms. The van der Waals surface area contributed by atoms with Crippen LogP contribution < -0.4 is 10.6 Å². The van der Waals surface area contributed by atoms with Gasteiger partial charge in [0.25, 0.3) is 0 Å². The highest BCUT2D eigenvalue weighted by Crippen LogP contribution is 2.30. The second-order valence-electron chi connectivity index (χ2n) is 10.9. The van der Waals surface area contributed by atoms with Crippen molar-refractivity contribution in [3.8, 4) is 0 Å². The Bertz CT molecular complexity index is 944. The van der Waals surface area contributed by atoms with E-state index in [0.717, 1.165) is 5.56 Å². The van der Waals surface area contributed by atoms with Crippen molar-refractivity contribution in [3.05, 3.63) is 46.5 Å². The third kappa shape index (κ3) is 7.92. The summed E-state index contributed by atoms with van der Waals surface area (Å²) in [5.41, 5.74) is 2.81. The van der Waals surface area contributed by atoms with Crippen molar-refractivity contribution in [1.82, 2.24) is 15.5 Å². The summed E-state index contributed by atoms with van der Waals surface area (Å²) in [4.78, 5) is 40.3. The number of ether oxygens (including phenoxy) is 1. The predicted octanol–water partition coefficient (Wildman–Crippen LogP) is 3.67. The maximum absolute atomic E-state index is 13.5. The third-order valence-corrected chi connectivity index (χ3v) is 6.57. The van der Waals surface area contributed by atoms with Crippen molar-refractivity contribution in [2.75, 3.05) is 27.2 Å². The Labute approximate surface area is 211 Å². The SMILES string of the molecule is CCOC(=O)/C(C)=C/CN(C)C(=O)C(NC(=O)[C@@H](NC)C(C)(C)c1ccc(C)c(C)c1)C(C)(C)C. The molecule has 196 valence electrons. The molecule has 0 spiro atoms. The molecule has 0 radical (unpaired) electrons.